The van der Waals surface area contributed by atoms with E-state index in [1.807, 2.05) is 35.1 Å². The van der Waals surface area contributed by atoms with Gasteiger partial charge < -0.3 is 15.2 Å². The first-order valence-electron chi connectivity index (χ1n) is 6.30. The Morgan fingerprint density at radius 1 is 1.32 bits per heavy atom. The van der Waals surface area contributed by atoms with Gasteiger partial charge in [0.2, 0.25) is 0 Å². The monoisotopic (exact) mass is 261 g/mol. The lowest BCUT2D eigenvalue weighted by atomic mass is 10.1. The quantitative estimate of drug-likeness (QED) is 0.820. The van der Waals surface area contributed by atoms with E-state index in [9.17, 15) is 0 Å². The number of ether oxygens (including phenoxy) is 2. The summed E-state index contributed by atoms with van der Waals surface area (Å²) >= 11 is 0. The predicted molar refractivity (Wildman–Crippen MR) is 73.5 cm³/mol. The van der Waals surface area contributed by atoms with Crippen LogP contribution in [0.25, 0.3) is 0 Å². The zero-order valence-corrected chi connectivity index (χ0v) is 11.1. The molecule has 0 amide bonds. The molecule has 2 aromatic rings. The van der Waals surface area contributed by atoms with E-state index in [2.05, 4.69) is 5.10 Å². The molecule has 102 valence electrons. The van der Waals surface area contributed by atoms with Crippen molar-refractivity contribution in [3.63, 3.8) is 0 Å². The molecule has 0 radical (unpaired) electrons. The maximum Gasteiger partial charge on any atom is 0.161 e. The Labute approximate surface area is 112 Å². The van der Waals surface area contributed by atoms with Gasteiger partial charge in [-0.3, -0.25) is 4.68 Å². The lowest BCUT2D eigenvalue weighted by Gasteiger charge is -2.12. The van der Waals surface area contributed by atoms with Crippen LogP contribution in [0.1, 0.15) is 5.56 Å². The smallest absolute Gasteiger partial charge is 0.161 e. The highest BCUT2D eigenvalue weighted by Crippen LogP contribution is 2.28. The third kappa shape index (κ3) is 3.72. The highest BCUT2D eigenvalue weighted by molar-refractivity contribution is 5.43. The number of hydrogen-bond donors (Lipinski definition) is 1. The van der Waals surface area contributed by atoms with Crippen molar-refractivity contribution in [1.29, 1.82) is 0 Å². The van der Waals surface area contributed by atoms with Gasteiger partial charge in [0.05, 0.1) is 13.7 Å². The largest absolute Gasteiger partial charge is 0.493 e. The zero-order valence-electron chi connectivity index (χ0n) is 11.1. The van der Waals surface area contributed by atoms with Crippen LogP contribution in [-0.4, -0.2) is 30.0 Å². The summed E-state index contributed by atoms with van der Waals surface area (Å²) in [6.45, 7) is 1.88. The number of rotatable bonds is 7. The molecule has 5 nitrogen and oxygen atoms in total. The second-order valence-corrected chi connectivity index (χ2v) is 4.14. The minimum absolute atomic E-state index is 0.546. The minimum Gasteiger partial charge on any atom is -0.493 e. The van der Waals surface area contributed by atoms with Crippen LogP contribution < -0.4 is 15.2 Å². The van der Waals surface area contributed by atoms with Gasteiger partial charge in [0.1, 0.15) is 6.61 Å². The summed E-state index contributed by atoms with van der Waals surface area (Å²) in [6.07, 6.45) is 4.49. The van der Waals surface area contributed by atoms with Gasteiger partial charge in [0, 0.05) is 12.4 Å². The lowest BCUT2D eigenvalue weighted by molar-refractivity contribution is 0.274. The Bertz CT molecular complexity index is 497. The van der Waals surface area contributed by atoms with E-state index in [1.165, 1.54) is 0 Å². The molecule has 2 N–H and O–H groups in total. The first kappa shape index (κ1) is 13.4. The molecule has 1 aromatic heterocycles. The van der Waals surface area contributed by atoms with Gasteiger partial charge in [0.15, 0.2) is 11.5 Å². The van der Waals surface area contributed by atoms with Crippen molar-refractivity contribution in [1.82, 2.24) is 9.78 Å². The van der Waals surface area contributed by atoms with Crippen molar-refractivity contribution in [3.8, 4) is 11.5 Å². The van der Waals surface area contributed by atoms with E-state index in [0.29, 0.717) is 19.7 Å². The number of nitrogens with two attached hydrogens (primary N) is 1. The predicted octanol–water partition coefficient (Wildman–Crippen LogP) is 1.47. The first-order chi connectivity index (χ1) is 9.33. The maximum absolute atomic E-state index is 5.76. The molecule has 0 saturated carbocycles. The Balaban J connectivity index is 1.98. The summed E-state index contributed by atoms with van der Waals surface area (Å²) in [7, 11) is 1.64. The van der Waals surface area contributed by atoms with E-state index in [4.69, 9.17) is 15.2 Å². The molecule has 0 unspecified atom stereocenters. The second kappa shape index (κ2) is 6.80. The zero-order chi connectivity index (χ0) is 13.5. The SMILES string of the molecule is COc1ccc(CCN)cc1OCCn1cccn1. The number of methoxy groups -OCH3 is 1. The fraction of sp³-hybridized carbons (Fsp3) is 0.357. The highest BCUT2D eigenvalue weighted by Gasteiger charge is 2.05. The fourth-order valence-electron chi connectivity index (χ4n) is 1.84. The van der Waals surface area contributed by atoms with Gasteiger partial charge in [-0.1, -0.05) is 6.07 Å². The van der Waals surface area contributed by atoms with Crippen LogP contribution in [0.2, 0.25) is 0 Å². The number of hydrogen-bond acceptors (Lipinski definition) is 4. The van der Waals surface area contributed by atoms with Crippen LogP contribution in [0.5, 0.6) is 11.5 Å². The van der Waals surface area contributed by atoms with Crippen LogP contribution in [0.15, 0.2) is 36.7 Å². The lowest BCUT2D eigenvalue weighted by Crippen LogP contribution is -2.09. The Kier molecular flexibility index (Phi) is 4.80. The van der Waals surface area contributed by atoms with Crippen molar-refractivity contribution in [2.45, 2.75) is 13.0 Å². The van der Waals surface area contributed by atoms with E-state index in [0.717, 1.165) is 23.5 Å². The van der Waals surface area contributed by atoms with E-state index in [1.54, 1.807) is 13.3 Å². The van der Waals surface area contributed by atoms with Gasteiger partial charge in [-0.15, -0.1) is 0 Å². The van der Waals surface area contributed by atoms with Gasteiger partial charge in [0.25, 0.3) is 0 Å². The van der Waals surface area contributed by atoms with Gasteiger partial charge >= 0.3 is 0 Å². The van der Waals surface area contributed by atoms with Gasteiger partial charge in [-0.25, -0.2) is 0 Å². The molecular formula is C14H19N3O2. The molecule has 2 rings (SSSR count). The van der Waals surface area contributed by atoms with Crippen molar-refractivity contribution < 1.29 is 9.47 Å². The maximum atomic E-state index is 5.76. The normalized spacial score (nSPS) is 10.4. The van der Waals surface area contributed by atoms with Crippen molar-refractivity contribution >= 4 is 0 Å². The summed E-state index contributed by atoms with van der Waals surface area (Å²) in [5, 5.41) is 4.13. The highest BCUT2D eigenvalue weighted by atomic mass is 16.5. The third-order valence-corrected chi connectivity index (χ3v) is 2.80. The number of nitrogens with zero attached hydrogens (tertiary/aromatic N) is 2. The van der Waals surface area contributed by atoms with Crippen LogP contribution in [-0.2, 0) is 13.0 Å². The molecule has 0 aliphatic rings. The standard InChI is InChI=1S/C14H19N3O2/c1-18-13-4-3-12(5-6-15)11-14(13)19-10-9-17-8-2-7-16-17/h2-4,7-8,11H,5-6,9-10,15H2,1H3. The van der Waals surface area contributed by atoms with E-state index < -0.39 is 0 Å². The minimum atomic E-state index is 0.546. The fourth-order valence-corrected chi connectivity index (χ4v) is 1.84. The van der Waals surface area contributed by atoms with Crippen LogP contribution in [0.3, 0.4) is 0 Å². The molecule has 0 spiro atoms. The molecule has 0 bridgehead atoms. The van der Waals surface area contributed by atoms with Crippen molar-refractivity contribution in [2.75, 3.05) is 20.3 Å². The summed E-state index contributed by atoms with van der Waals surface area (Å²) in [5.74, 6) is 1.49. The first-order valence-corrected chi connectivity index (χ1v) is 6.30. The van der Waals surface area contributed by atoms with Crippen molar-refractivity contribution in [3.05, 3.63) is 42.2 Å². The van der Waals surface area contributed by atoms with Crippen LogP contribution in [0.4, 0.5) is 0 Å². The molecule has 0 aliphatic heterocycles. The molecule has 0 saturated heterocycles. The Morgan fingerprint density at radius 2 is 2.21 bits per heavy atom. The average molecular weight is 261 g/mol. The molecule has 5 heteroatoms. The molecule has 0 aliphatic carbocycles. The molecule has 0 atom stereocenters. The van der Waals surface area contributed by atoms with Crippen molar-refractivity contribution in [2.24, 2.45) is 5.73 Å². The molecule has 19 heavy (non-hydrogen) atoms. The van der Waals surface area contributed by atoms with E-state index in [-0.39, 0.29) is 0 Å². The average Bonchev–Trinajstić information content (AvgIpc) is 2.93. The third-order valence-electron chi connectivity index (χ3n) is 2.80. The van der Waals surface area contributed by atoms with E-state index >= 15 is 0 Å². The number of benzene rings is 1. The van der Waals surface area contributed by atoms with Crippen LogP contribution >= 0.6 is 0 Å². The van der Waals surface area contributed by atoms with Gasteiger partial charge in [-0.2, -0.15) is 5.10 Å². The summed E-state index contributed by atoms with van der Waals surface area (Å²) < 4.78 is 12.9. The second-order valence-electron chi connectivity index (χ2n) is 4.14. The summed E-state index contributed by atoms with van der Waals surface area (Å²) in [6, 6.07) is 7.79. The molecule has 1 aromatic carbocycles. The Morgan fingerprint density at radius 3 is 2.89 bits per heavy atom. The van der Waals surface area contributed by atoms with Crippen LogP contribution in [0, 0.1) is 0 Å². The molecule has 1 heterocycles. The number of aromatic nitrogens is 2. The molecular weight excluding hydrogens is 242 g/mol. The topological polar surface area (TPSA) is 62.3 Å². The summed E-state index contributed by atoms with van der Waals surface area (Å²) in [5.41, 5.74) is 6.71. The van der Waals surface area contributed by atoms with Gasteiger partial charge in [-0.05, 0) is 36.7 Å². The Hall–Kier alpha value is -2.01. The molecule has 0 fully saturated rings. The summed E-state index contributed by atoms with van der Waals surface area (Å²) in [4.78, 5) is 0.